The number of benzene rings is 2. The van der Waals surface area contributed by atoms with Crippen LogP contribution in [-0.2, 0) is 9.53 Å². The van der Waals surface area contributed by atoms with E-state index in [1.807, 2.05) is 0 Å². The third kappa shape index (κ3) is 5.55. The molecule has 0 radical (unpaired) electrons. The van der Waals surface area contributed by atoms with Crippen molar-refractivity contribution in [2.24, 2.45) is 4.99 Å². The van der Waals surface area contributed by atoms with Gasteiger partial charge in [-0.15, -0.1) is 0 Å². The lowest BCUT2D eigenvalue weighted by atomic mass is 10.0. The number of allylic oxidation sites excluding steroid dienone is 1. The molecule has 5 aromatic rings. The topological polar surface area (TPSA) is 173 Å². The lowest BCUT2D eigenvalue weighted by molar-refractivity contribution is -0.384. The highest BCUT2D eigenvalue weighted by Gasteiger charge is 2.35. The summed E-state index contributed by atoms with van der Waals surface area (Å²) in [4.78, 5) is 53.5. The predicted octanol–water partition coefficient (Wildman–Crippen LogP) is 5.79. The van der Waals surface area contributed by atoms with Crippen molar-refractivity contribution in [3.63, 3.8) is 0 Å². The van der Waals surface area contributed by atoms with Gasteiger partial charge in [-0.1, -0.05) is 35.1 Å². The van der Waals surface area contributed by atoms with Crippen molar-refractivity contribution >= 4 is 46.4 Å². The van der Waals surface area contributed by atoms with Gasteiger partial charge in [0, 0.05) is 35.4 Å². The number of ether oxygens (including phenoxy) is 1. The number of carbonyl (C=O) groups excluding carboxylic acids is 1. The van der Waals surface area contributed by atoms with Gasteiger partial charge in [0.2, 0.25) is 0 Å². The molecule has 0 saturated heterocycles. The molecule has 46 heavy (non-hydrogen) atoms. The third-order valence-corrected chi connectivity index (χ3v) is 8.38. The zero-order chi connectivity index (χ0) is 32.7. The fourth-order valence-corrected chi connectivity index (χ4v) is 6.22. The number of carbonyl (C=O) groups is 1. The number of nitrogens with zero attached hydrogens (tertiary/aromatic N) is 4. The lowest BCUT2D eigenvalue weighted by Gasteiger charge is -2.22. The molecule has 0 unspecified atom stereocenters. The Morgan fingerprint density at radius 1 is 1.04 bits per heavy atom. The number of furan rings is 2. The van der Waals surface area contributed by atoms with Gasteiger partial charge in [0.15, 0.2) is 4.80 Å². The van der Waals surface area contributed by atoms with E-state index in [4.69, 9.17) is 25.2 Å². The normalized spacial score (nSPS) is 14.6. The van der Waals surface area contributed by atoms with Gasteiger partial charge >= 0.3 is 5.97 Å². The molecule has 0 bridgehead atoms. The molecule has 6 rings (SSSR count). The van der Waals surface area contributed by atoms with Gasteiger partial charge in [-0.3, -0.25) is 29.6 Å². The molecule has 0 N–H and O–H groups in total. The van der Waals surface area contributed by atoms with Crippen molar-refractivity contribution in [3.05, 3.63) is 134 Å². The summed E-state index contributed by atoms with van der Waals surface area (Å²) in [5, 5.41) is 22.6. The molecule has 3 aromatic heterocycles. The number of rotatable bonds is 8. The van der Waals surface area contributed by atoms with E-state index in [1.165, 1.54) is 41.0 Å². The van der Waals surface area contributed by atoms with E-state index in [1.54, 1.807) is 50.2 Å². The Hall–Kier alpha value is -5.60. The number of hydrogen-bond acceptors (Lipinski definition) is 11. The van der Waals surface area contributed by atoms with Gasteiger partial charge in [0.1, 0.15) is 34.1 Å². The second kappa shape index (κ2) is 12.1. The van der Waals surface area contributed by atoms with E-state index >= 15 is 0 Å². The Morgan fingerprint density at radius 2 is 1.78 bits per heavy atom. The number of nitro groups is 2. The van der Waals surface area contributed by atoms with Crippen LogP contribution in [0.5, 0.6) is 0 Å². The molecular weight excluding hydrogens is 640 g/mol. The maximum absolute atomic E-state index is 13.9. The third-order valence-electron chi connectivity index (χ3n) is 7.08. The molecule has 15 heteroatoms. The van der Waals surface area contributed by atoms with E-state index in [9.17, 15) is 29.8 Å². The van der Waals surface area contributed by atoms with E-state index < -0.39 is 27.4 Å². The molecule has 2 aromatic carbocycles. The maximum Gasteiger partial charge on any atom is 0.338 e. The maximum atomic E-state index is 13.9. The summed E-state index contributed by atoms with van der Waals surface area (Å²) in [5.41, 5.74) is 0.401. The van der Waals surface area contributed by atoms with E-state index in [0.29, 0.717) is 38.9 Å². The van der Waals surface area contributed by atoms with Gasteiger partial charge in [0.25, 0.3) is 16.9 Å². The first-order valence-corrected chi connectivity index (χ1v) is 14.8. The molecule has 4 heterocycles. The van der Waals surface area contributed by atoms with E-state index in [0.717, 1.165) is 11.3 Å². The van der Waals surface area contributed by atoms with Crippen molar-refractivity contribution in [1.29, 1.82) is 0 Å². The first-order chi connectivity index (χ1) is 22.0. The molecule has 0 aliphatic carbocycles. The minimum atomic E-state index is -1.05. The fraction of sp³-hybridized carbons (Fsp3) is 0.129. The zero-order valence-electron chi connectivity index (χ0n) is 24.0. The number of hydrogen-bond donors (Lipinski definition) is 0. The van der Waals surface area contributed by atoms with Crippen molar-refractivity contribution < 1.29 is 28.2 Å². The quantitative estimate of drug-likeness (QED) is 0.113. The largest absolute Gasteiger partial charge is 0.463 e. The number of thiazole rings is 1. The predicted molar refractivity (Wildman–Crippen MR) is 167 cm³/mol. The number of aromatic nitrogens is 1. The van der Waals surface area contributed by atoms with Crippen LogP contribution in [0.2, 0.25) is 5.02 Å². The summed E-state index contributed by atoms with van der Waals surface area (Å²) in [6.07, 6.45) is 1.51. The monoisotopic (exact) mass is 660 g/mol. The Kier molecular flexibility index (Phi) is 7.98. The number of nitro benzene ring substituents is 2. The number of non-ortho nitro benzene ring substituents is 1. The van der Waals surface area contributed by atoms with Gasteiger partial charge in [-0.2, -0.15) is 0 Å². The highest BCUT2D eigenvalue weighted by molar-refractivity contribution is 7.07. The van der Waals surface area contributed by atoms with Crippen LogP contribution in [-0.4, -0.2) is 27.0 Å². The molecule has 0 amide bonds. The van der Waals surface area contributed by atoms with Crippen LogP contribution in [0.25, 0.3) is 28.7 Å². The van der Waals surface area contributed by atoms with Gasteiger partial charge in [-0.25, -0.2) is 9.79 Å². The summed E-state index contributed by atoms with van der Waals surface area (Å²) in [7, 11) is 0. The molecule has 0 saturated carbocycles. The molecule has 1 aliphatic heterocycles. The van der Waals surface area contributed by atoms with Crippen LogP contribution < -0.4 is 14.9 Å². The summed E-state index contributed by atoms with van der Waals surface area (Å²) < 4.78 is 18.9. The standard InChI is InChI=1S/C31H21ClN4O9S/c1-3-43-30(38)27-16(2)33-31-34(28(27)25-12-11-24(45-25)17-5-4-6-19(13-17)35(39)40)29(37)26(46-31)15-20-8-10-23(44-20)18-7-9-21(32)22(14-18)36(41)42/h4-15,28H,3H2,1-2H3/b26-15-/t28-/m0/s1. The highest BCUT2D eigenvalue weighted by Crippen LogP contribution is 2.35. The van der Waals surface area contributed by atoms with Crippen LogP contribution in [0, 0.1) is 20.2 Å². The molecule has 0 fully saturated rings. The van der Waals surface area contributed by atoms with Crippen molar-refractivity contribution in [3.8, 4) is 22.6 Å². The molecular formula is C31H21ClN4O9S. The molecule has 232 valence electrons. The first kappa shape index (κ1) is 30.4. The van der Waals surface area contributed by atoms with Crippen LogP contribution in [0.4, 0.5) is 11.4 Å². The van der Waals surface area contributed by atoms with Gasteiger partial charge < -0.3 is 13.6 Å². The highest BCUT2D eigenvalue weighted by atomic mass is 35.5. The van der Waals surface area contributed by atoms with Crippen molar-refractivity contribution in [1.82, 2.24) is 4.57 Å². The Balaban J connectivity index is 1.44. The fourth-order valence-electron chi connectivity index (χ4n) is 5.01. The second-order valence-corrected chi connectivity index (χ2v) is 11.4. The summed E-state index contributed by atoms with van der Waals surface area (Å²) >= 11 is 7.00. The minimum absolute atomic E-state index is 0.0116. The number of halogens is 1. The summed E-state index contributed by atoms with van der Waals surface area (Å²) in [6, 6.07) is 15.5. The summed E-state index contributed by atoms with van der Waals surface area (Å²) in [5.74, 6) is 0.451. The van der Waals surface area contributed by atoms with Crippen molar-refractivity contribution in [2.75, 3.05) is 6.61 Å². The SMILES string of the molecule is CCOC(=O)C1=C(C)N=c2s/c(=C\c3ccc(-c4ccc(Cl)c([N+](=O)[O-])c4)o3)c(=O)n2[C@H]1c1ccc(-c2cccc([N+](=O)[O-])c2)o1. The van der Waals surface area contributed by atoms with E-state index in [-0.39, 0.29) is 38.9 Å². The van der Waals surface area contributed by atoms with Gasteiger partial charge in [0.05, 0.1) is 32.3 Å². The molecule has 1 aliphatic rings. The molecule has 0 spiro atoms. The number of esters is 1. The average molecular weight is 661 g/mol. The van der Waals surface area contributed by atoms with Crippen LogP contribution in [0.3, 0.4) is 0 Å². The number of fused-ring (bicyclic) bond motifs is 1. The lowest BCUT2D eigenvalue weighted by Crippen LogP contribution is -2.39. The Bertz CT molecular complexity index is 2280. The van der Waals surface area contributed by atoms with Crippen LogP contribution in [0.15, 0.2) is 96.6 Å². The average Bonchev–Trinajstić information content (AvgIpc) is 3.77. The second-order valence-electron chi connectivity index (χ2n) is 9.94. The Morgan fingerprint density at radius 3 is 2.52 bits per heavy atom. The zero-order valence-corrected chi connectivity index (χ0v) is 25.5. The minimum Gasteiger partial charge on any atom is -0.463 e. The van der Waals surface area contributed by atoms with E-state index in [2.05, 4.69) is 4.99 Å². The summed E-state index contributed by atoms with van der Waals surface area (Å²) in [6.45, 7) is 3.37. The molecule has 13 nitrogen and oxygen atoms in total. The Labute approximate surface area is 267 Å². The van der Waals surface area contributed by atoms with Crippen molar-refractivity contribution in [2.45, 2.75) is 19.9 Å². The first-order valence-electron chi connectivity index (χ1n) is 13.6. The molecule has 1 atom stereocenters. The van der Waals surface area contributed by atoms with Crippen LogP contribution in [0.1, 0.15) is 31.4 Å². The smallest absolute Gasteiger partial charge is 0.338 e. The van der Waals surface area contributed by atoms with Crippen LogP contribution >= 0.6 is 22.9 Å². The van der Waals surface area contributed by atoms with Gasteiger partial charge in [-0.05, 0) is 50.2 Å².